The van der Waals surface area contributed by atoms with Gasteiger partial charge in [-0.1, -0.05) is 0 Å². The molecule has 0 aliphatic heterocycles. The summed E-state index contributed by atoms with van der Waals surface area (Å²) in [7, 11) is -6.24. The molecule has 1 aromatic rings. The smallest absolute Gasteiger partial charge is 0.431 e. The van der Waals surface area contributed by atoms with E-state index in [0.717, 1.165) is 0 Å². The van der Waals surface area contributed by atoms with E-state index in [4.69, 9.17) is 14.4 Å². The molecule has 0 radical (unpaired) electrons. The van der Waals surface area contributed by atoms with Gasteiger partial charge in [-0.15, -0.1) is 0 Å². The van der Waals surface area contributed by atoms with Crippen molar-refractivity contribution in [1.29, 1.82) is 0 Å². The summed E-state index contributed by atoms with van der Waals surface area (Å²) in [5.41, 5.74) is 0.0936. The van der Waals surface area contributed by atoms with Gasteiger partial charge in [-0.3, -0.25) is 4.55 Å². The van der Waals surface area contributed by atoms with Crippen LogP contribution >= 0.6 is 0 Å². The molecule has 0 spiro atoms. The lowest BCUT2D eigenvalue weighted by Gasteiger charge is -2.23. The Bertz CT molecular complexity index is 672. The molecule has 2 N–H and O–H groups in total. The number of unbranched alkanes of at least 4 members (excludes halogenated alkanes) is 1. The van der Waals surface area contributed by atoms with E-state index in [1.807, 2.05) is 0 Å². The van der Waals surface area contributed by atoms with Crippen molar-refractivity contribution in [2.45, 2.75) is 30.4 Å². The number of hydrogen-bond acceptors (Lipinski definition) is 5. The molecule has 11 heteroatoms. The molecule has 0 atom stereocenters. The van der Waals surface area contributed by atoms with Gasteiger partial charge in [0.05, 0.1) is 12.2 Å². The first-order chi connectivity index (χ1) is 10.9. The van der Waals surface area contributed by atoms with Crippen LogP contribution in [0, 0.1) is 0 Å². The highest BCUT2D eigenvalue weighted by Gasteiger charge is 2.64. The molecule has 0 unspecified atom stereocenters. The van der Waals surface area contributed by atoms with E-state index >= 15 is 0 Å². The van der Waals surface area contributed by atoms with E-state index in [-0.39, 0.29) is 24.3 Å². The fourth-order valence-corrected chi connectivity index (χ4v) is 2.11. The quantitative estimate of drug-likeness (QED) is 0.314. The van der Waals surface area contributed by atoms with Crippen LogP contribution in [0.15, 0.2) is 24.3 Å². The monoisotopic (exact) mass is 374 g/mol. The largest absolute Gasteiger partial charge is 0.508 e. The average Bonchev–Trinajstić information content (AvgIpc) is 2.46. The van der Waals surface area contributed by atoms with E-state index < -0.39 is 40.1 Å². The van der Waals surface area contributed by atoms with Gasteiger partial charge in [0.15, 0.2) is 0 Å². The van der Waals surface area contributed by atoms with Crippen LogP contribution in [-0.4, -0.2) is 41.8 Å². The van der Waals surface area contributed by atoms with Gasteiger partial charge >= 0.3 is 27.3 Å². The molecule has 0 aliphatic rings. The van der Waals surface area contributed by atoms with Gasteiger partial charge in [0.25, 0.3) is 0 Å². The predicted octanol–water partition coefficient (Wildman–Crippen LogP) is 2.84. The summed E-state index contributed by atoms with van der Waals surface area (Å²) in [5.74, 6) is -5.83. The molecular formula is C13H14F4O6S. The van der Waals surface area contributed by atoms with Crippen LogP contribution in [0.25, 0.3) is 0 Å². The van der Waals surface area contributed by atoms with Crippen molar-refractivity contribution < 1.29 is 45.2 Å². The standard InChI is InChI=1S/C13H14F4O6S/c14-12(15,13(16,17)24(20,21)22)7-1-2-8-23-11(19)9-3-5-10(18)6-4-9/h3-6,18H,1-2,7-8H2,(H,20,21,22). The highest BCUT2D eigenvalue weighted by molar-refractivity contribution is 7.87. The number of carbonyl (C=O) groups is 1. The average molecular weight is 374 g/mol. The van der Waals surface area contributed by atoms with Gasteiger partial charge in [-0.25, -0.2) is 4.79 Å². The van der Waals surface area contributed by atoms with Crippen molar-refractivity contribution in [2.75, 3.05) is 6.61 Å². The Kier molecular flexibility index (Phi) is 6.17. The van der Waals surface area contributed by atoms with E-state index in [1.165, 1.54) is 24.3 Å². The maximum Gasteiger partial charge on any atom is 0.431 e. The first-order valence-electron chi connectivity index (χ1n) is 6.57. The number of esters is 1. The van der Waals surface area contributed by atoms with E-state index in [0.29, 0.717) is 0 Å². The second-order valence-electron chi connectivity index (χ2n) is 4.84. The summed E-state index contributed by atoms with van der Waals surface area (Å²) >= 11 is 0. The summed E-state index contributed by atoms with van der Waals surface area (Å²) in [6.45, 7) is -0.354. The Hall–Kier alpha value is -1.88. The number of aromatic hydroxyl groups is 1. The van der Waals surface area contributed by atoms with Crippen molar-refractivity contribution >= 4 is 16.1 Å². The van der Waals surface area contributed by atoms with Crippen LogP contribution in [0.5, 0.6) is 5.75 Å². The van der Waals surface area contributed by atoms with E-state index in [9.17, 15) is 30.8 Å². The molecule has 0 aromatic heterocycles. The van der Waals surface area contributed by atoms with Crippen molar-refractivity contribution in [1.82, 2.24) is 0 Å². The summed E-state index contributed by atoms with van der Waals surface area (Å²) in [5, 5.41) is 3.44. The Balaban J connectivity index is 2.43. The first kappa shape index (κ1) is 20.2. The van der Waals surface area contributed by atoms with Crippen LogP contribution in [0.4, 0.5) is 17.6 Å². The fourth-order valence-electron chi connectivity index (χ4n) is 1.63. The number of phenols is 1. The van der Waals surface area contributed by atoms with Crippen LogP contribution in [0.2, 0.25) is 0 Å². The number of carbonyl (C=O) groups excluding carboxylic acids is 1. The topological polar surface area (TPSA) is 101 Å². The second kappa shape index (κ2) is 7.34. The molecule has 0 amide bonds. The molecule has 1 rings (SSSR count). The Morgan fingerprint density at radius 1 is 1.08 bits per heavy atom. The third-order valence-electron chi connectivity index (χ3n) is 2.97. The van der Waals surface area contributed by atoms with Crippen LogP contribution in [0.1, 0.15) is 29.6 Å². The molecule has 0 aliphatic carbocycles. The summed E-state index contributed by atoms with van der Waals surface area (Å²) in [6.07, 6.45) is -2.31. The number of phenolic OH excluding ortho intramolecular Hbond substituents is 1. The normalized spacial score (nSPS) is 12.9. The minimum absolute atomic E-state index is 0.0754. The Labute approximate surface area is 134 Å². The molecule has 6 nitrogen and oxygen atoms in total. The molecule has 0 bridgehead atoms. The molecule has 24 heavy (non-hydrogen) atoms. The van der Waals surface area contributed by atoms with Gasteiger partial charge < -0.3 is 9.84 Å². The number of hydrogen-bond donors (Lipinski definition) is 2. The number of rotatable bonds is 8. The van der Waals surface area contributed by atoms with Crippen molar-refractivity contribution in [2.24, 2.45) is 0 Å². The van der Waals surface area contributed by atoms with Gasteiger partial charge in [0, 0.05) is 6.42 Å². The van der Waals surface area contributed by atoms with E-state index in [1.54, 1.807) is 0 Å². The zero-order valence-corrected chi connectivity index (χ0v) is 12.9. The summed E-state index contributed by atoms with van der Waals surface area (Å²) in [4.78, 5) is 11.5. The predicted molar refractivity (Wildman–Crippen MR) is 73.7 cm³/mol. The van der Waals surface area contributed by atoms with Crippen LogP contribution < -0.4 is 0 Å². The first-order valence-corrected chi connectivity index (χ1v) is 8.01. The minimum Gasteiger partial charge on any atom is -0.508 e. The summed E-state index contributed by atoms with van der Waals surface area (Å²) in [6, 6.07) is 4.99. The lowest BCUT2D eigenvalue weighted by molar-refractivity contribution is -0.164. The fraction of sp³-hybridized carbons (Fsp3) is 0.462. The molecule has 0 saturated heterocycles. The number of halogens is 4. The van der Waals surface area contributed by atoms with Crippen LogP contribution in [0.3, 0.4) is 0 Å². The lowest BCUT2D eigenvalue weighted by Crippen LogP contribution is -2.46. The molecular weight excluding hydrogens is 360 g/mol. The molecule has 136 valence electrons. The van der Waals surface area contributed by atoms with Gasteiger partial charge in [-0.2, -0.15) is 26.0 Å². The maximum atomic E-state index is 13.2. The zero-order valence-electron chi connectivity index (χ0n) is 12.1. The molecule has 1 aromatic carbocycles. The van der Waals surface area contributed by atoms with Gasteiger partial charge in [-0.05, 0) is 37.1 Å². The second-order valence-corrected chi connectivity index (χ2v) is 6.30. The van der Waals surface area contributed by atoms with Crippen molar-refractivity contribution in [3.63, 3.8) is 0 Å². The number of ether oxygens (including phenoxy) is 1. The third-order valence-corrected chi connectivity index (χ3v) is 3.92. The van der Waals surface area contributed by atoms with Crippen LogP contribution in [-0.2, 0) is 14.9 Å². The Morgan fingerprint density at radius 3 is 2.12 bits per heavy atom. The zero-order chi connectivity index (χ0) is 18.6. The summed E-state index contributed by atoms with van der Waals surface area (Å²) < 4.78 is 85.6. The van der Waals surface area contributed by atoms with Gasteiger partial charge in [0.1, 0.15) is 5.75 Å². The lowest BCUT2D eigenvalue weighted by atomic mass is 10.1. The highest BCUT2D eigenvalue weighted by atomic mass is 32.2. The highest BCUT2D eigenvalue weighted by Crippen LogP contribution is 2.41. The molecule has 0 fully saturated rings. The Morgan fingerprint density at radius 2 is 1.62 bits per heavy atom. The number of benzene rings is 1. The molecule has 0 saturated carbocycles. The third kappa shape index (κ3) is 4.81. The molecule has 0 heterocycles. The van der Waals surface area contributed by atoms with Crippen molar-refractivity contribution in [3.8, 4) is 5.75 Å². The maximum absolute atomic E-state index is 13.2. The number of alkyl halides is 4. The van der Waals surface area contributed by atoms with Crippen molar-refractivity contribution in [3.05, 3.63) is 29.8 Å². The van der Waals surface area contributed by atoms with Gasteiger partial charge in [0.2, 0.25) is 0 Å². The SMILES string of the molecule is O=C(OCCCCC(F)(F)C(F)(F)S(=O)(=O)O)c1ccc(O)cc1. The van der Waals surface area contributed by atoms with E-state index in [2.05, 4.69) is 0 Å². The minimum atomic E-state index is -6.24.